The Balaban J connectivity index is 2.12. The van der Waals surface area contributed by atoms with Gasteiger partial charge in [-0.2, -0.15) is 5.10 Å². The van der Waals surface area contributed by atoms with Crippen LogP contribution in [-0.4, -0.2) is 26.9 Å². The summed E-state index contributed by atoms with van der Waals surface area (Å²) in [6.45, 7) is 2.83. The minimum Gasteiger partial charge on any atom is -0.496 e. The van der Waals surface area contributed by atoms with E-state index in [2.05, 4.69) is 22.0 Å². The summed E-state index contributed by atoms with van der Waals surface area (Å²) >= 11 is 0. The Kier molecular flexibility index (Phi) is 3.91. The van der Waals surface area contributed by atoms with Crippen molar-refractivity contribution in [2.75, 3.05) is 7.11 Å². The van der Waals surface area contributed by atoms with Crippen molar-refractivity contribution in [1.29, 1.82) is 0 Å². The van der Waals surface area contributed by atoms with Gasteiger partial charge < -0.3 is 9.72 Å². The van der Waals surface area contributed by atoms with Crippen LogP contribution in [0.15, 0.2) is 35.3 Å². The van der Waals surface area contributed by atoms with E-state index in [-0.39, 0.29) is 5.56 Å². The predicted octanol–water partition coefficient (Wildman–Crippen LogP) is 2.60. The van der Waals surface area contributed by atoms with Crippen molar-refractivity contribution in [2.24, 2.45) is 0 Å². The molecule has 0 saturated carbocycles. The molecule has 1 N–H and O–H groups in total. The molecule has 0 saturated heterocycles. The van der Waals surface area contributed by atoms with Gasteiger partial charge in [0, 0.05) is 6.54 Å². The molecule has 0 fully saturated rings. The average Bonchev–Trinajstić information content (AvgIpc) is 2.96. The van der Waals surface area contributed by atoms with E-state index in [0.29, 0.717) is 22.6 Å². The third kappa shape index (κ3) is 2.47. The Morgan fingerprint density at radius 2 is 2.14 bits per heavy atom. The van der Waals surface area contributed by atoms with E-state index >= 15 is 0 Å². The number of H-pyrrole nitrogens is 1. The molecule has 0 aliphatic rings. The molecule has 0 aliphatic carbocycles. The van der Waals surface area contributed by atoms with Gasteiger partial charge in [-0.1, -0.05) is 25.5 Å². The smallest absolute Gasteiger partial charge is 0.277 e. The molecule has 22 heavy (non-hydrogen) atoms. The maximum absolute atomic E-state index is 12.4. The molecule has 6 heteroatoms. The molecule has 0 amide bonds. The largest absolute Gasteiger partial charge is 0.496 e. The van der Waals surface area contributed by atoms with Crippen LogP contribution in [0.5, 0.6) is 5.75 Å². The zero-order valence-electron chi connectivity index (χ0n) is 12.7. The van der Waals surface area contributed by atoms with Crippen LogP contribution in [0.1, 0.15) is 19.8 Å². The number of hydrogen-bond donors (Lipinski definition) is 1. The Labute approximate surface area is 127 Å². The van der Waals surface area contributed by atoms with E-state index in [0.717, 1.165) is 24.9 Å². The van der Waals surface area contributed by atoms with Crippen LogP contribution < -0.4 is 10.3 Å². The Morgan fingerprint density at radius 1 is 1.32 bits per heavy atom. The Bertz CT molecular complexity index is 851. The molecule has 2 heterocycles. The van der Waals surface area contributed by atoms with Gasteiger partial charge in [0.25, 0.3) is 5.56 Å². The summed E-state index contributed by atoms with van der Waals surface area (Å²) in [5, 5.41) is 4.27. The van der Waals surface area contributed by atoms with E-state index < -0.39 is 0 Å². The third-order valence-corrected chi connectivity index (χ3v) is 3.58. The fraction of sp³-hybridized carbons (Fsp3) is 0.312. The van der Waals surface area contributed by atoms with Crippen molar-refractivity contribution in [3.63, 3.8) is 0 Å². The minimum absolute atomic E-state index is 0.181. The average molecular weight is 298 g/mol. The number of fused-ring (bicyclic) bond motifs is 1. The first-order valence-electron chi connectivity index (χ1n) is 7.33. The molecule has 3 rings (SSSR count). The van der Waals surface area contributed by atoms with Crippen molar-refractivity contribution in [1.82, 2.24) is 19.7 Å². The van der Waals surface area contributed by atoms with Crippen LogP contribution >= 0.6 is 0 Å². The SMILES string of the molecule is CCCCn1ncc2nc(-c3ccccc3OC)[nH]c(=O)c21. The number of benzene rings is 1. The number of rotatable bonds is 5. The lowest BCUT2D eigenvalue weighted by Gasteiger charge is -2.07. The first-order chi connectivity index (χ1) is 10.7. The van der Waals surface area contributed by atoms with Crippen LogP contribution in [0.4, 0.5) is 0 Å². The summed E-state index contributed by atoms with van der Waals surface area (Å²) in [6, 6.07) is 7.46. The molecule has 0 spiro atoms. The monoisotopic (exact) mass is 298 g/mol. The normalized spacial score (nSPS) is 11.0. The molecule has 6 nitrogen and oxygen atoms in total. The van der Waals surface area contributed by atoms with Crippen LogP contribution in [0.2, 0.25) is 0 Å². The fourth-order valence-corrected chi connectivity index (χ4v) is 2.45. The fourth-order valence-electron chi connectivity index (χ4n) is 2.45. The first kappa shape index (κ1) is 14.3. The molecule has 0 bridgehead atoms. The summed E-state index contributed by atoms with van der Waals surface area (Å²) in [5.41, 5.74) is 1.69. The van der Waals surface area contributed by atoms with Crippen molar-refractivity contribution in [3.8, 4) is 17.1 Å². The number of aromatic amines is 1. The second kappa shape index (κ2) is 6.01. The van der Waals surface area contributed by atoms with Crippen molar-refractivity contribution >= 4 is 11.0 Å². The zero-order chi connectivity index (χ0) is 15.5. The lowest BCUT2D eigenvalue weighted by Crippen LogP contribution is -2.14. The number of nitrogens with one attached hydrogen (secondary N) is 1. The van der Waals surface area contributed by atoms with E-state index in [1.54, 1.807) is 18.0 Å². The summed E-state index contributed by atoms with van der Waals surface area (Å²) in [7, 11) is 1.60. The number of nitrogens with zero attached hydrogens (tertiary/aromatic N) is 3. The number of methoxy groups -OCH3 is 1. The topological polar surface area (TPSA) is 72.8 Å². The van der Waals surface area contributed by atoms with E-state index in [1.165, 1.54) is 0 Å². The highest BCUT2D eigenvalue weighted by molar-refractivity contribution is 5.76. The summed E-state index contributed by atoms with van der Waals surface area (Å²) in [4.78, 5) is 19.8. The lowest BCUT2D eigenvalue weighted by atomic mass is 10.2. The number of para-hydroxylation sites is 1. The Morgan fingerprint density at radius 3 is 2.91 bits per heavy atom. The number of unbranched alkanes of at least 4 members (excludes halogenated alkanes) is 1. The van der Waals surface area contributed by atoms with Gasteiger partial charge in [-0.3, -0.25) is 9.48 Å². The molecule has 3 aromatic rings. The highest BCUT2D eigenvalue weighted by atomic mass is 16.5. The van der Waals surface area contributed by atoms with Crippen LogP contribution in [0.3, 0.4) is 0 Å². The molecule has 0 atom stereocenters. The summed E-state index contributed by atoms with van der Waals surface area (Å²) in [5.74, 6) is 1.16. The molecule has 0 unspecified atom stereocenters. The molecular formula is C16H18N4O2. The maximum Gasteiger partial charge on any atom is 0.277 e. The molecule has 1 aromatic carbocycles. The summed E-state index contributed by atoms with van der Waals surface area (Å²) < 4.78 is 7.05. The first-order valence-corrected chi connectivity index (χ1v) is 7.33. The van der Waals surface area contributed by atoms with Gasteiger partial charge in [-0.25, -0.2) is 4.98 Å². The molecule has 2 aromatic heterocycles. The zero-order valence-corrected chi connectivity index (χ0v) is 12.7. The van der Waals surface area contributed by atoms with Gasteiger partial charge in [-0.05, 0) is 18.6 Å². The molecular weight excluding hydrogens is 280 g/mol. The van der Waals surface area contributed by atoms with Gasteiger partial charge in [-0.15, -0.1) is 0 Å². The highest BCUT2D eigenvalue weighted by Gasteiger charge is 2.13. The van der Waals surface area contributed by atoms with Crippen molar-refractivity contribution in [3.05, 3.63) is 40.8 Å². The van der Waals surface area contributed by atoms with E-state index in [9.17, 15) is 4.79 Å². The van der Waals surface area contributed by atoms with Crippen LogP contribution in [0, 0.1) is 0 Å². The van der Waals surface area contributed by atoms with Gasteiger partial charge in [0.05, 0.1) is 18.9 Å². The van der Waals surface area contributed by atoms with Crippen LogP contribution in [-0.2, 0) is 6.54 Å². The number of aromatic nitrogens is 4. The van der Waals surface area contributed by atoms with Gasteiger partial charge in [0.2, 0.25) is 0 Å². The lowest BCUT2D eigenvalue weighted by molar-refractivity contribution is 0.416. The highest BCUT2D eigenvalue weighted by Crippen LogP contribution is 2.26. The summed E-state index contributed by atoms with van der Waals surface area (Å²) in [6.07, 6.45) is 3.66. The minimum atomic E-state index is -0.181. The maximum atomic E-state index is 12.4. The molecule has 0 aliphatic heterocycles. The predicted molar refractivity (Wildman–Crippen MR) is 85.0 cm³/mol. The van der Waals surface area contributed by atoms with Gasteiger partial charge in [0.1, 0.15) is 17.1 Å². The number of hydrogen-bond acceptors (Lipinski definition) is 4. The van der Waals surface area contributed by atoms with Crippen molar-refractivity contribution in [2.45, 2.75) is 26.3 Å². The van der Waals surface area contributed by atoms with E-state index in [4.69, 9.17) is 4.74 Å². The van der Waals surface area contributed by atoms with Gasteiger partial charge in [0.15, 0.2) is 5.52 Å². The number of ether oxygens (including phenoxy) is 1. The Hall–Kier alpha value is -2.63. The molecule has 0 radical (unpaired) electrons. The van der Waals surface area contributed by atoms with Gasteiger partial charge >= 0.3 is 0 Å². The molecule has 114 valence electrons. The quantitative estimate of drug-likeness (QED) is 0.786. The van der Waals surface area contributed by atoms with Crippen molar-refractivity contribution < 1.29 is 4.74 Å². The number of aryl methyl sites for hydroxylation is 1. The second-order valence-corrected chi connectivity index (χ2v) is 5.07. The third-order valence-electron chi connectivity index (χ3n) is 3.58. The standard InChI is InChI=1S/C16H18N4O2/c1-3-4-9-20-14-12(10-17-20)18-15(19-16(14)21)11-7-5-6-8-13(11)22-2/h5-8,10H,3-4,9H2,1-2H3,(H,18,19,21). The van der Waals surface area contributed by atoms with Crippen LogP contribution in [0.25, 0.3) is 22.4 Å². The second-order valence-electron chi connectivity index (χ2n) is 5.07. The van der Waals surface area contributed by atoms with E-state index in [1.807, 2.05) is 24.3 Å².